The highest BCUT2D eigenvalue weighted by atomic mass is 79.9. The first-order chi connectivity index (χ1) is 8.70. The second-order valence-corrected chi connectivity index (χ2v) is 4.93. The van der Waals surface area contributed by atoms with Gasteiger partial charge in [0.2, 0.25) is 0 Å². The Kier molecular flexibility index (Phi) is 4.28. The minimum atomic E-state index is 0.467. The molecule has 0 atom stereocenters. The van der Waals surface area contributed by atoms with E-state index in [4.69, 9.17) is 5.73 Å². The Labute approximate surface area is 115 Å². The third-order valence-corrected chi connectivity index (χ3v) is 3.05. The lowest BCUT2D eigenvalue weighted by atomic mass is 10.2. The number of pyridine rings is 2. The minimum Gasteiger partial charge on any atom is -0.354 e. The molecule has 18 heavy (non-hydrogen) atoms. The molecule has 0 radical (unpaired) electrons. The molecule has 0 bridgehead atoms. The maximum Gasteiger partial charge on any atom is 0.133 e. The van der Waals surface area contributed by atoms with Crippen molar-refractivity contribution >= 4 is 21.7 Å². The van der Waals surface area contributed by atoms with E-state index in [0.717, 1.165) is 21.5 Å². The molecule has 0 fully saturated rings. The molecule has 0 aliphatic carbocycles. The second kappa shape index (κ2) is 5.93. The number of halogens is 1. The molecule has 0 unspecified atom stereocenters. The van der Waals surface area contributed by atoms with Crippen LogP contribution in [0.15, 0.2) is 41.1 Å². The number of nitrogens with zero attached hydrogens (tertiary/aromatic N) is 3. The van der Waals surface area contributed by atoms with Crippen molar-refractivity contribution in [1.29, 1.82) is 0 Å². The molecule has 94 valence electrons. The summed E-state index contributed by atoms with van der Waals surface area (Å²) < 4.78 is 0.943. The summed E-state index contributed by atoms with van der Waals surface area (Å²) in [7, 11) is 1.99. The zero-order valence-electron chi connectivity index (χ0n) is 10.2. The lowest BCUT2D eigenvalue weighted by molar-refractivity contribution is 0.849. The average Bonchev–Trinajstić information content (AvgIpc) is 2.39. The standard InChI is InChI=1S/C13H15BrN4/c1-18(9-12-4-2-3-5-16-12)13-10(7-15)6-11(14)8-17-13/h2-6,8H,7,9,15H2,1H3. The molecule has 2 aromatic rings. The molecule has 5 heteroatoms. The summed E-state index contributed by atoms with van der Waals surface area (Å²) >= 11 is 3.40. The average molecular weight is 307 g/mol. The third kappa shape index (κ3) is 3.05. The van der Waals surface area contributed by atoms with Crippen LogP contribution in [0.5, 0.6) is 0 Å². The molecule has 2 N–H and O–H groups in total. The molecule has 2 rings (SSSR count). The smallest absolute Gasteiger partial charge is 0.133 e. The predicted molar refractivity (Wildman–Crippen MR) is 76.2 cm³/mol. The van der Waals surface area contributed by atoms with Crippen molar-refractivity contribution in [2.75, 3.05) is 11.9 Å². The van der Waals surface area contributed by atoms with Crippen LogP contribution in [0.3, 0.4) is 0 Å². The van der Waals surface area contributed by atoms with E-state index in [1.54, 1.807) is 12.4 Å². The van der Waals surface area contributed by atoms with Crippen molar-refractivity contribution in [2.24, 2.45) is 5.73 Å². The number of anilines is 1. The first-order valence-electron chi connectivity index (χ1n) is 5.66. The normalized spacial score (nSPS) is 10.4. The summed E-state index contributed by atoms with van der Waals surface area (Å²) in [6, 6.07) is 7.89. The highest BCUT2D eigenvalue weighted by Gasteiger charge is 2.09. The Balaban J connectivity index is 2.21. The van der Waals surface area contributed by atoms with Crippen LogP contribution in [-0.4, -0.2) is 17.0 Å². The molecule has 0 amide bonds. The van der Waals surface area contributed by atoms with Crippen LogP contribution in [0.4, 0.5) is 5.82 Å². The van der Waals surface area contributed by atoms with Crippen LogP contribution >= 0.6 is 15.9 Å². The van der Waals surface area contributed by atoms with Crippen LogP contribution in [0, 0.1) is 0 Å². The molecular formula is C13H15BrN4. The number of rotatable bonds is 4. The van der Waals surface area contributed by atoms with Crippen LogP contribution < -0.4 is 10.6 Å². The Morgan fingerprint density at radius 2 is 2.17 bits per heavy atom. The lowest BCUT2D eigenvalue weighted by Crippen LogP contribution is -2.20. The Morgan fingerprint density at radius 1 is 1.33 bits per heavy atom. The SMILES string of the molecule is CN(Cc1ccccn1)c1ncc(Br)cc1CN. The monoisotopic (exact) mass is 306 g/mol. The van der Waals surface area contributed by atoms with Gasteiger partial charge in [-0.25, -0.2) is 4.98 Å². The fraction of sp³-hybridized carbons (Fsp3) is 0.231. The summed E-state index contributed by atoms with van der Waals surface area (Å²) in [4.78, 5) is 10.8. The van der Waals surface area contributed by atoms with Crippen molar-refractivity contribution in [1.82, 2.24) is 9.97 Å². The maximum absolute atomic E-state index is 5.75. The Bertz CT molecular complexity index is 516. The van der Waals surface area contributed by atoms with Crippen LogP contribution in [0.1, 0.15) is 11.3 Å². The molecule has 0 aromatic carbocycles. The molecular weight excluding hydrogens is 292 g/mol. The molecule has 0 saturated carbocycles. The Hall–Kier alpha value is -1.46. The molecule has 0 aliphatic heterocycles. The maximum atomic E-state index is 5.75. The summed E-state index contributed by atoms with van der Waals surface area (Å²) in [5, 5.41) is 0. The lowest BCUT2D eigenvalue weighted by Gasteiger charge is -2.20. The zero-order valence-corrected chi connectivity index (χ0v) is 11.8. The minimum absolute atomic E-state index is 0.467. The van der Waals surface area contributed by atoms with Crippen molar-refractivity contribution < 1.29 is 0 Å². The number of hydrogen-bond donors (Lipinski definition) is 1. The van der Waals surface area contributed by atoms with Gasteiger partial charge in [0.15, 0.2) is 0 Å². The fourth-order valence-electron chi connectivity index (χ4n) is 1.78. The topological polar surface area (TPSA) is 55.0 Å². The third-order valence-electron chi connectivity index (χ3n) is 2.62. The number of nitrogens with two attached hydrogens (primary N) is 1. The number of hydrogen-bond acceptors (Lipinski definition) is 4. The molecule has 0 saturated heterocycles. The van der Waals surface area contributed by atoms with Gasteiger partial charge in [0.1, 0.15) is 5.82 Å². The molecule has 0 spiro atoms. The van der Waals surface area contributed by atoms with Gasteiger partial charge in [0.05, 0.1) is 12.2 Å². The van der Waals surface area contributed by atoms with Crippen LogP contribution in [0.2, 0.25) is 0 Å². The molecule has 2 aromatic heterocycles. The van der Waals surface area contributed by atoms with Crippen molar-refractivity contribution in [3.8, 4) is 0 Å². The van der Waals surface area contributed by atoms with Crippen molar-refractivity contribution in [3.63, 3.8) is 0 Å². The van der Waals surface area contributed by atoms with Gasteiger partial charge in [-0.3, -0.25) is 4.98 Å². The van der Waals surface area contributed by atoms with E-state index in [1.807, 2.05) is 31.3 Å². The van der Waals surface area contributed by atoms with Gasteiger partial charge in [-0.05, 0) is 34.1 Å². The van der Waals surface area contributed by atoms with Gasteiger partial charge in [-0.1, -0.05) is 6.07 Å². The zero-order chi connectivity index (χ0) is 13.0. The quantitative estimate of drug-likeness (QED) is 0.942. The van der Waals surface area contributed by atoms with E-state index in [2.05, 4.69) is 30.8 Å². The van der Waals surface area contributed by atoms with Gasteiger partial charge >= 0.3 is 0 Å². The highest BCUT2D eigenvalue weighted by molar-refractivity contribution is 9.10. The second-order valence-electron chi connectivity index (χ2n) is 4.02. The molecule has 4 nitrogen and oxygen atoms in total. The van der Waals surface area contributed by atoms with E-state index in [1.165, 1.54) is 0 Å². The van der Waals surface area contributed by atoms with E-state index >= 15 is 0 Å². The van der Waals surface area contributed by atoms with Crippen LogP contribution in [0.25, 0.3) is 0 Å². The van der Waals surface area contributed by atoms with Crippen LogP contribution in [-0.2, 0) is 13.1 Å². The van der Waals surface area contributed by atoms with E-state index < -0.39 is 0 Å². The van der Waals surface area contributed by atoms with Gasteiger partial charge in [-0.2, -0.15) is 0 Å². The van der Waals surface area contributed by atoms with Crippen molar-refractivity contribution in [3.05, 3.63) is 52.4 Å². The Morgan fingerprint density at radius 3 is 2.83 bits per heavy atom. The predicted octanol–water partition coefficient (Wildman–Crippen LogP) is 2.33. The summed E-state index contributed by atoms with van der Waals surface area (Å²) in [5.74, 6) is 0.895. The van der Waals surface area contributed by atoms with Crippen molar-refractivity contribution in [2.45, 2.75) is 13.1 Å². The summed E-state index contributed by atoms with van der Waals surface area (Å²) in [6.07, 6.45) is 3.57. The summed E-state index contributed by atoms with van der Waals surface area (Å²) in [6.45, 7) is 1.18. The fourth-order valence-corrected chi connectivity index (χ4v) is 2.16. The van der Waals surface area contributed by atoms with E-state index in [0.29, 0.717) is 13.1 Å². The largest absolute Gasteiger partial charge is 0.354 e. The van der Waals surface area contributed by atoms with Gasteiger partial charge in [0, 0.05) is 36.0 Å². The first-order valence-corrected chi connectivity index (χ1v) is 6.45. The summed E-state index contributed by atoms with van der Waals surface area (Å²) in [5.41, 5.74) is 7.77. The van der Waals surface area contributed by atoms with E-state index in [9.17, 15) is 0 Å². The van der Waals surface area contributed by atoms with Gasteiger partial charge in [0.25, 0.3) is 0 Å². The van der Waals surface area contributed by atoms with E-state index in [-0.39, 0.29) is 0 Å². The highest BCUT2D eigenvalue weighted by Crippen LogP contribution is 2.21. The van der Waals surface area contributed by atoms with Gasteiger partial charge < -0.3 is 10.6 Å². The van der Waals surface area contributed by atoms with Gasteiger partial charge in [-0.15, -0.1) is 0 Å². The number of aromatic nitrogens is 2. The molecule has 0 aliphatic rings. The molecule has 2 heterocycles. The first kappa shape index (κ1) is 13.0.